The van der Waals surface area contributed by atoms with Crippen molar-refractivity contribution in [2.75, 3.05) is 27.4 Å². The monoisotopic (exact) mass is 567 g/mol. The van der Waals surface area contributed by atoms with E-state index in [-0.39, 0.29) is 29.1 Å². The minimum absolute atomic E-state index is 0.0256. The number of rotatable bonds is 7. The van der Waals surface area contributed by atoms with Gasteiger partial charge in [0.25, 0.3) is 0 Å². The highest BCUT2D eigenvalue weighted by atomic mass is 16.5. The summed E-state index contributed by atoms with van der Waals surface area (Å²) >= 11 is 0. The Hall–Kier alpha value is -2.42. The lowest BCUT2D eigenvalue weighted by atomic mass is 9.41. The Labute approximate surface area is 242 Å². The van der Waals surface area contributed by atoms with Crippen LogP contribution in [-0.4, -0.2) is 72.2 Å². The average molecular weight is 568 g/mol. The predicted octanol–water partition coefficient (Wildman–Crippen LogP) is 4.03. The predicted molar refractivity (Wildman–Crippen MR) is 154 cm³/mol. The lowest BCUT2D eigenvalue weighted by Gasteiger charge is -2.65. The van der Waals surface area contributed by atoms with Gasteiger partial charge in [-0.25, -0.2) is 4.79 Å². The number of ether oxygens (including phenoxy) is 3. The molecule has 0 saturated heterocycles. The summed E-state index contributed by atoms with van der Waals surface area (Å²) in [6.07, 6.45) is 10.00. The van der Waals surface area contributed by atoms with Gasteiger partial charge in [-0.15, -0.1) is 0 Å². The van der Waals surface area contributed by atoms with Gasteiger partial charge in [-0.1, -0.05) is 13.0 Å². The summed E-state index contributed by atoms with van der Waals surface area (Å²) in [6, 6.07) is 5.90. The number of nitrogens with zero attached hydrogens (tertiary/aromatic N) is 1. The molecule has 1 aliphatic heterocycles. The van der Waals surface area contributed by atoms with E-state index in [4.69, 9.17) is 19.2 Å². The van der Waals surface area contributed by atoms with E-state index >= 15 is 0 Å². The third-order valence-electron chi connectivity index (χ3n) is 11.9. The van der Waals surface area contributed by atoms with Crippen LogP contribution >= 0.6 is 0 Å². The number of aliphatic hydroxyl groups excluding tert-OH is 1. The van der Waals surface area contributed by atoms with Gasteiger partial charge >= 0.3 is 5.97 Å². The third kappa shape index (κ3) is 4.35. The molecule has 224 valence electrons. The SMILES string of the molecule is COc1ccc(CCN=C[C@]23CCC(O)CC2(O)CCC2[C@@H]3CC[C@]3(C)C(C4=CC(=O)OC4)CCC23O)cc1OC. The van der Waals surface area contributed by atoms with Gasteiger partial charge in [0.05, 0.1) is 31.5 Å². The van der Waals surface area contributed by atoms with Crippen LogP contribution in [0.15, 0.2) is 34.8 Å². The quantitative estimate of drug-likeness (QED) is 0.336. The standard InChI is InChI=1S/C33H45NO7/c1-30-11-7-25-26(33(30,38)14-9-24(30)22-17-29(36)41-19-22)8-13-32(37)18-23(35)6-12-31(25,32)20-34-15-10-21-4-5-27(39-2)28(16-21)40-3/h4-5,16-17,20,23-26,35,37-38H,6-15,18-19H2,1-3H3/t23?,24?,25-,26?,30+,31-,32?,33?/m0/s1. The summed E-state index contributed by atoms with van der Waals surface area (Å²) in [5.74, 6) is 1.33. The molecule has 3 N–H and O–H groups in total. The Morgan fingerprint density at radius 2 is 1.80 bits per heavy atom. The van der Waals surface area contributed by atoms with Gasteiger partial charge in [0.15, 0.2) is 11.5 Å². The second kappa shape index (κ2) is 10.4. The number of aliphatic imine (C=N–C) groups is 1. The molecule has 4 aliphatic carbocycles. The van der Waals surface area contributed by atoms with Gasteiger partial charge in [0, 0.05) is 36.1 Å². The first kappa shape index (κ1) is 28.7. The molecule has 6 rings (SSSR count). The summed E-state index contributed by atoms with van der Waals surface area (Å²) in [4.78, 5) is 16.8. The smallest absolute Gasteiger partial charge is 0.331 e. The van der Waals surface area contributed by atoms with Crippen LogP contribution in [0.5, 0.6) is 11.5 Å². The topological polar surface area (TPSA) is 118 Å². The van der Waals surface area contributed by atoms with Gasteiger partial charge in [-0.05, 0) is 98.8 Å². The zero-order valence-corrected chi connectivity index (χ0v) is 24.6. The van der Waals surface area contributed by atoms with Crippen LogP contribution in [0.1, 0.15) is 70.3 Å². The summed E-state index contributed by atoms with van der Waals surface area (Å²) < 4.78 is 16.1. The number of cyclic esters (lactones) is 1. The van der Waals surface area contributed by atoms with Crippen LogP contribution in [0.2, 0.25) is 0 Å². The van der Waals surface area contributed by atoms with Crippen LogP contribution in [0.4, 0.5) is 0 Å². The van der Waals surface area contributed by atoms with Crippen LogP contribution in [0, 0.1) is 28.6 Å². The minimum Gasteiger partial charge on any atom is -0.493 e. The Morgan fingerprint density at radius 1 is 1.02 bits per heavy atom. The van der Waals surface area contributed by atoms with E-state index in [0.29, 0.717) is 56.8 Å². The molecule has 1 aromatic carbocycles. The van der Waals surface area contributed by atoms with Crippen molar-refractivity contribution in [2.24, 2.45) is 33.6 Å². The highest BCUT2D eigenvalue weighted by Crippen LogP contribution is 2.70. The molecule has 8 atom stereocenters. The number of methoxy groups -OCH3 is 2. The fraction of sp³-hybridized carbons (Fsp3) is 0.697. The molecule has 5 aliphatic rings. The lowest BCUT2D eigenvalue weighted by Crippen LogP contribution is -2.68. The maximum Gasteiger partial charge on any atom is 0.331 e. The zero-order chi connectivity index (χ0) is 29.0. The summed E-state index contributed by atoms with van der Waals surface area (Å²) in [7, 11) is 3.25. The Morgan fingerprint density at radius 3 is 2.54 bits per heavy atom. The Balaban J connectivity index is 1.27. The molecule has 8 heteroatoms. The Kier molecular flexibility index (Phi) is 7.27. The molecule has 0 bridgehead atoms. The Bertz CT molecular complexity index is 1250. The molecule has 41 heavy (non-hydrogen) atoms. The van der Waals surface area contributed by atoms with Crippen molar-refractivity contribution >= 4 is 12.2 Å². The maximum atomic E-state index is 12.6. The van der Waals surface area contributed by atoms with E-state index in [2.05, 4.69) is 6.92 Å². The van der Waals surface area contributed by atoms with Gasteiger partial charge in [0.1, 0.15) is 6.61 Å². The first-order valence-corrected chi connectivity index (χ1v) is 15.3. The van der Waals surface area contributed by atoms with E-state index < -0.39 is 22.7 Å². The molecule has 4 fully saturated rings. The van der Waals surface area contributed by atoms with Crippen molar-refractivity contribution in [1.29, 1.82) is 0 Å². The largest absolute Gasteiger partial charge is 0.493 e. The highest BCUT2D eigenvalue weighted by Gasteiger charge is 2.71. The molecule has 8 nitrogen and oxygen atoms in total. The van der Waals surface area contributed by atoms with Crippen molar-refractivity contribution in [3.8, 4) is 11.5 Å². The maximum absolute atomic E-state index is 12.6. The summed E-state index contributed by atoms with van der Waals surface area (Å²) in [6.45, 7) is 3.11. The number of aliphatic hydroxyl groups is 3. The molecule has 0 spiro atoms. The van der Waals surface area contributed by atoms with Crippen LogP contribution < -0.4 is 9.47 Å². The van der Waals surface area contributed by atoms with E-state index in [1.54, 1.807) is 20.3 Å². The fourth-order valence-electron chi connectivity index (χ4n) is 9.82. The number of carbonyl (C=O) groups excluding carboxylic acids is 1. The average Bonchev–Trinajstić information content (AvgIpc) is 3.50. The molecule has 1 aromatic rings. The number of fused-ring (bicyclic) bond motifs is 5. The zero-order valence-electron chi connectivity index (χ0n) is 24.6. The second-order valence-electron chi connectivity index (χ2n) is 13.5. The molecular weight excluding hydrogens is 522 g/mol. The molecule has 1 heterocycles. The highest BCUT2D eigenvalue weighted by molar-refractivity contribution is 5.85. The number of benzene rings is 1. The van der Waals surface area contributed by atoms with Crippen LogP contribution in [0.25, 0.3) is 0 Å². The van der Waals surface area contributed by atoms with Crippen molar-refractivity contribution < 1.29 is 34.3 Å². The normalized spacial score (nSPS) is 41.8. The lowest BCUT2D eigenvalue weighted by molar-refractivity contribution is -0.237. The first-order valence-electron chi connectivity index (χ1n) is 15.3. The molecule has 0 radical (unpaired) electrons. The van der Waals surface area contributed by atoms with Crippen LogP contribution in [0.3, 0.4) is 0 Å². The molecule has 0 aromatic heterocycles. The van der Waals surface area contributed by atoms with E-state index in [1.807, 2.05) is 24.4 Å². The van der Waals surface area contributed by atoms with Gasteiger partial charge < -0.3 is 29.5 Å². The van der Waals surface area contributed by atoms with E-state index in [0.717, 1.165) is 43.2 Å². The van der Waals surface area contributed by atoms with E-state index in [1.165, 1.54) is 0 Å². The van der Waals surface area contributed by atoms with Crippen molar-refractivity contribution in [3.63, 3.8) is 0 Å². The molecule has 4 saturated carbocycles. The van der Waals surface area contributed by atoms with Crippen LogP contribution in [-0.2, 0) is 16.0 Å². The second-order valence-corrected chi connectivity index (χ2v) is 13.5. The van der Waals surface area contributed by atoms with Gasteiger partial charge in [-0.2, -0.15) is 0 Å². The first-order chi connectivity index (χ1) is 19.6. The van der Waals surface area contributed by atoms with Crippen molar-refractivity contribution in [3.05, 3.63) is 35.4 Å². The molecular formula is C33H45NO7. The van der Waals surface area contributed by atoms with Crippen molar-refractivity contribution in [2.45, 2.75) is 88.4 Å². The third-order valence-corrected chi connectivity index (χ3v) is 11.9. The van der Waals surface area contributed by atoms with Gasteiger partial charge in [-0.3, -0.25) is 4.99 Å². The minimum atomic E-state index is -1.05. The fourth-order valence-corrected chi connectivity index (χ4v) is 9.82. The van der Waals surface area contributed by atoms with Crippen molar-refractivity contribution in [1.82, 2.24) is 0 Å². The number of esters is 1. The number of carbonyl (C=O) groups is 1. The molecule has 5 unspecified atom stereocenters. The molecule has 0 amide bonds. The summed E-state index contributed by atoms with van der Waals surface area (Å²) in [5, 5.41) is 35.4. The number of hydrogen-bond donors (Lipinski definition) is 3. The van der Waals surface area contributed by atoms with Gasteiger partial charge in [0.2, 0.25) is 0 Å². The summed E-state index contributed by atoms with van der Waals surface area (Å²) in [5.41, 5.74) is -0.750. The number of hydrogen-bond acceptors (Lipinski definition) is 8. The van der Waals surface area contributed by atoms with E-state index in [9.17, 15) is 20.1 Å².